The minimum atomic E-state index is -3.56. The lowest BCUT2D eigenvalue weighted by Gasteiger charge is -2.21. The van der Waals surface area contributed by atoms with Crippen LogP contribution in [0.1, 0.15) is 33.1 Å². The SMILES string of the molecule is CCCN(CCC)C(=O)CCS(=O)(=O)c1ccc(OC)c(OC)c1. The molecule has 0 saturated heterocycles. The molecule has 0 atom stereocenters. The number of nitrogens with zero attached hydrogens (tertiary/aromatic N) is 1. The Morgan fingerprint density at radius 3 is 2.12 bits per heavy atom. The van der Waals surface area contributed by atoms with Crippen LogP contribution in [0.2, 0.25) is 0 Å². The maximum atomic E-state index is 12.5. The van der Waals surface area contributed by atoms with Gasteiger partial charge in [-0.25, -0.2) is 8.42 Å². The van der Waals surface area contributed by atoms with Crippen LogP contribution in [-0.4, -0.2) is 52.3 Å². The second kappa shape index (κ2) is 9.52. The van der Waals surface area contributed by atoms with Gasteiger partial charge in [0.1, 0.15) is 0 Å². The van der Waals surface area contributed by atoms with E-state index in [1.807, 2.05) is 13.8 Å². The molecule has 0 fully saturated rings. The van der Waals surface area contributed by atoms with Gasteiger partial charge in [0, 0.05) is 25.6 Å². The molecule has 24 heavy (non-hydrogen) atoms. The van der Waals surface area contributed by atoms with Gasteiger partial charge in [0.25, 0.3) is 0 Å². The average molecular weight is 357 g/mol. The Labute approximate surface area is 144 Å². The second-order valence-corrected chi connectivity index (χ2v) is 7.58. The molecule has 1 aromatic rings. The first-order valence-corrected chi connectivity index (χ1v) is 9.77. The van der Waals surface area contributed by atoms with Gasteiger partial charge in [0.2, 0.25) is 5.91 Å². The van der Waals surface area contributed by atoms with E-state index in [-0.39, 0.29) is 23.0 Å². The number of rotatable bonds is 10. The molecule has 0 aromatic heterocycles. The standard InChI is InChI=1S/C17H27NO5S/c1-5-10-18(11-6-2)17(19)9-12-24(20,21)14-7-8-15(22-3)16(13-14)23-4/h7-8,13H,5-6,9-12H2,1-4H3. The predicted octanol–water partition coefficient (Wildman–Crippen LogP) is 2.52. The first kappa shape index (κ1) is 20.3. The average Bonchev–Trinajstić information content (AvgIpc) is 2.58. The zero-order chi connectivity index (χ0) is 18.2. The zero-order valence-corrected chi connectivity index (χ0v) is 15.7. The first-order chi connectivity index (χ1) is 11.4. The predicted molar refractivity (Wildman–Crippen MR) is 93.4 cm³/mol. The largest absolute Gasteiger partial charge is 0.493 e. The Balaban J connectivity index is 2.84. The fourth-order valence-electron chi connectivity index (χ4n) is 2.41. The molecule has 0 bridgehead atoms. The number of ether oxygens (including phenoxy) is 2. The van der Waals surface area contributed by atoms with Gasteiger partial charge in [-0.1, -0.05) is 13.8 Å². The zero-order valence-electron chi connectivity index (χ0n) is 14.9. The molecule has 0 radical (unpaired) electrons. The summed E-state index contributed by atoms with van der Waals surface area (Å²) in [4.78, 5) is 14.1. The van der Waals surface area contributed by atoms with E-state index in [0.717, 1.165) is 12.8 Å². The molecule has 0 heterocycles. The first-order valence-electron chi connectivity index (χ1n) is 8.12. The fraction of sp³-hybridized carbons (Fsp3) is 0.588. The van der Waals surface area contributed by atoms with Crippen molar-refractivity contribution < 1.29 is 22.7 Å². The van der Waals surface area contributed by atoms with E-state index in [2.05, 4.69) is 0 Å². The van der Waals surface area contributed by atoms with Crippen LogP contribution in [0.15, 0.2) is 23.1 Å². The summed E-state index contributed by atoms with van der Waals surface area (Å²) in [5.41, 5.74) is 0. The van der Waals surface area contributed by atoms with E-state index in [4.69, 9.17) is 9.47 Å². The van der Waals surface area contributed by atoms with Gasteiger partial charge >= 0.3 is 0 Å². The molecule has 0 saturated carbocycles. The van der Waals surface area contributed by atoms with Crippen molar-refractivity contribution in [3.8, 4) is 11.5 Å². The highest BCUT2D eigenvalue weighted by Crippen LogP contribution is 2.29. The Hall–Kier alpha value is -1.76. The number of carbonyl (C=O) groups excluding carboxylic acids is 1. The molecule has 1 amide bonds. The third kappa shape index (κ3) is 5.40. The highest BCUT2D eigenvalue weighted by molar-refractivity contribution is 7.91. The van der Waals surface area contributed by atoms with Crippen LogP contribution in [-0.2, 0) is 14.6 Å². The number of benzene rings is 1. The maximum Gasteiger partial charge on any atom is 0.223 e. The molecular weight excluding hydrogens is 330 g/mol. The van der Waals surface area contributed by atoms with Gasteiger partial charge in [-0.15, -0.1) is 0 Å². The lowest BCUT2D eigenvalue weighted by Crippen LogP contribution is -2.33. The van der Waals surface area contributed by atoms with E-state index >= 15 is 0 Å². The summed E-state index contributed by atoms with van der Waals surface area (Å²) in [5, 5.41) is 0. The summed E-state index contributed by atoms with van der Waals surface area (Å²) in [7, 11) is -0.623. The second-order valence-electron chi connectivity index (χ2n) is 5.47. The lowest BCUT2D eigenvalue weighted by molar-refractivity contribution is -0.130. The van der Waals surface area contributed by atoms with Crippen LogP contribution < -0.4 is 9.47 Å². The third-order valence-electron chi connectivity index (χ3n) is 3.64. The van der Waals surface area contributed by atoms with Crippen molar-refractivity contribution in [1.82, 2.24) is 4.90 Å². The van der Waals surface area contributed by atoms with Gasteiger partial charge in [-0.3, -0.25) is 4.79 Å². The van der Waals surface area contributed by atoms with Crippen molar-refractivity contribution in [2.45, 2.75) is 38.0 Å². The molecule has 0 spiro atoms. The van der Waals surface area contributed by atoms with Crippen molar-refractivity contribution in [3.05, 3.63) is 18.2 Å². The van der Waals surface area contributed by atoms with Gasteiger partial charge in [-0.05, 0) is 25.0 Å². The van der Waals surface area contributed by atoms with Crippen LogP contribution >= 0.6 is 0 Å². The van der Waals surface area contributed by atoms with Crippen LogP contribution in [0.3, 0.4) is 0 Å². The third-order valence-corrected chi connectivity index (χ3v) is 5.35. The molecule has 1 rings (SSSR count). The number of methoxy groups -OCH3 is 2. The Morgan fingerprint density at radius 1 is 1.04 bits per heavy atom. The van der Waals surface area contributed by atoms with Crippen molar-refractivity contribution >= 4 is 15.7 Å². The van der Waals surface area contributed by atoms with Gasteiger partial charge in [0.05, 0.1) is 24.9 Å². The minimum absolute atomic E-state index is 0.0172. The highest BCUT2D eigenvalue weighted by Gasteiger charge is 2.20. The minimum Gasteiger partial charge on any atom is -0.493 e. The van der Waals surface area contributed by atoms with Crippen molar-refractivity contribution in [2.75, 3.05) is 33.1 Å². The summed E-state index contributed by atoms with van der Waals surface area (Å²) in [6.07, 6.45) is 1.69. The van der Waals surface area contributed by atoms with Crippen LogP contribution in [0.5, 0.6) is 11.5 Å². The fourth-order valence-corrected chi connectivity index (χ4v) is 3.65. The molecule has 6 nitrogen and oxygen atoms in total. The van der Waals surface area contributed by atoms with E-state index in [9.17, 15) is 13.2 Å². The number of hydrogen-bond donors (Lipinski definition) is 0. The molecule has 136 valence electrons. The van der Waals surface area contributed by atoms with Crippen LogP contribution in [0.4, 0.5) is 0 Å². The lowest BCUT2D eigenvalue weighted by atomic mass is 10.3. The maximum absolute atomic E-state index is 12.5. The number of carbonyl (C=O) groups is 1. The summed E-state index contributed by atoms with van der Waals surface area (Å²) >= 11 is 0. The van der Waals surface area contributed by atoms with E-state index < -0.39 is 9.84 Å². The molecule has 0 N–H and O–H groups in total. The van der Waals surface area contributed by atoms with E-state index in [1.54, 1.807) is 11.0 Å². The summed E-state index contributed by atoms with van der Waals surface area (Å²) in [6, 6.07) is 4.44. The molecule has 1 aromatic carbocycles. The summed E-state index contributed by atoms with van der Waals surface area (Å²) in [6.45, 7) is 5.30. The molecular formula is C17H27NO5S. The van der Waals surface area contributed by atoms with Crippen LogP contribution in [0.25, 0.3) is 0 Å². The van der Waals surface area contributed by atoms with E-state index in [0.29, 0.717) is 24.6 Å². The van der Waals surface area contributed by atoms with Crippen molar-refractivity contribution in [3.63, 3.8) is 0 Å². The summed E-state index contributed by atoms with van der Waals surface area (Å²) < 4.78 is 35.2. The van der Waals surface area contributed by atoms with E-state index in [1.165, 1.54) is 26.4 Å². The molecule has 0 aliphatic carbocycles. The quantitative estimate of drug-likeness (QED) is 0.643. The molecule has 0 unspecified atom stereocenters. The smallest absolute Gasteiger partial charge is 0.223 e. The normalized spacial score (nSPS) is 11.2. The van der Waals surface area contributed by atoms with Gasteiger partial charge in [-0.2, -0.15) is 0 Å². The monoisotopic (exact) mass is 357 g/mol. The molecule has 0 aliphatic heterocycles. The Kier molecular flexibility index (Phi) is 8.04. The Bertz CT molecular complexity index is 636. The molecule has 7 heteroatoms. The van der Waals surface area contributed by atoms with Crippen molar-refractivity contribution in [1.29, 1.82) is 0 Å². The van der Waals surface area contributed by atoms with Gasteiger partial charge < -0.3 is 14.4 Å². The number of hydrogen-bond acceptors (Lipinski definition) is 5. The highest BCUT2D eigenvalue weighted by atomic mass is 32.2. The van der Waals surface area contributed by atoms with Gasteiger partial charge in [0.15, 0.2) is 21.3 Å². The van der Waals surface area contributed by atoms with Crippen LogP contribution in [0, 0.1) is 0 Å². The molecule has 0 aliphatic rings. The topological polar surface area (TPSA) is 72.9 Å². The Morgan fingerprint density at radius 2 is 1.62 bits per heavy atom. The van der Waals surface area contributed by atoms with Crippen molar-refractivity contribution in [2.24, 2.45) is 0 Å². The number of amides is 1. The summed E-state index contributed by atoms with van der Waals surface area (Å²) in [5.74, 6) is 0.474. The number of sulfone groups is 1.